The quantitative estimate of drug-likeness (QED) is 0.736. The van der Waals surface area contributed by atoms with Crippen LogP contribution < -0.4 is 9.47 Å². The third-order valence-electron chi connectivity index (χ3n) is 1.62. The maximum absolute atomic E-state index is 8.76. The van der Waals surface area contributed by atoms with Crippen LogP contribution >= 0.6 is 0 Å². The average Bonchev–Trinajstić information content (AvgIpc) is 2.16. The number of methoxy groups -OCH3 is 1. The van der Waals surface area contributed by atoms with Crippen molar-refractivity contribution >= 4 is 0 Å². The highest BCUT2D eigenvalue weighted by molar-refractivity contribution is 5.43. The van der Waals surface area contributed by atoms with Gasteiger partial charge in [0.2, 0.25) is 0 Å². The molecule has 3 nitrogen and oxygen atoms in total. The second-order valence-corrected chi connectivity index (χ2v) is 3.18. The first kappa shape index (κ1) is 10.4. The predicted octanol–water partition coefficient (Wildman–Crippen LogP) is 2.35. The standard InChI is InChI=1S/C11H13NO2/c1-8(2)14-11-5-9(7-12)4-10(6-11)13-3/h4-6,8H,1-3H3. The van der Waals surface area contributed by atoms with Gasteiger partial charge >= 0.3 is 0 Å². The van der Waals surface area contributed by atoms with E-state index in [1.807, 2.05) is 13.8 Å². The summed E-state index contributed by atoms with van der Waals surface area (Å²) in [7, 11) is 1.57. The van der Waals surface area contributed by atoms with Crippen LogP contribution in [-0.2, 0) is 0 Å². The molecule has 0 saturated heterocycles. The van der Waals surface area contributed by atoms with Gasteiger partial charge in [0.05, 0.1) is 24.8 Å². The zero-order chi connectivity index (χ0) is 10.6. The minimum atomic E-state index is 0.0913. The maximum atomic E-state index is 8.76. The van der Waals surface area contributed by atoms with Gasteiger partial charge in [-0.05, 0) is 26.0 Å². The highest BCUT2D eigenvalue weighted by Crippen LogP contribution is 2.22. The molecule has 0 radical (unpaired) electrons. The normalized spacial score (nSPS) is 9.64. The van der Waals surface area contributed by atoms with Crippen molar-refractivity contribution in [3.05, 3.63) is 23.8 Å². The van der Waals surface area contributed by atoms with Crippen LogP contribution in [0, 0.1) is 11.3 Å². The fourth-order valence-electron chi connectivity index (χ4n) is 1.09. The van der Waals surface area contributed by atoms with Gasteiger partial charge in [0.25, 0.3) is 0 Å². The lowest BCUT2D eigenvalue weighted by Crippen LogP contribution is -2.05. The number of benzene rings is 1. The number of hydrogen-bond donors (Lipinski definition) is 0. The van der Waals surface area contributed by atoms with Crippen LogP contribution in [0.3, 0.4) is 0 Å². The first-order chi connectivity index (χ1) is 6.65. The molecule has 0 fully saturated rings. The van der Waals surface area contributed by atoms with E-state index in [2.05, 4.69) is 6.07 Å². The molecule has 0 bridgehead atoms. The van der Waals surface area contributed by atoms with Gasteiger partial charge in [-0.15, -0.1) is 0 Å². The molecule has 0 N–H and O–H groups in total. The summed E-state index contributed by atoms with van der Waals surface area (Å²) < 4.78 is 10.5. The van der Waals surface area contributed by atoms with Gasteiger partial charge < -0.3 is 9.47 Å². The van der Waals surface area contributed by atoms with E-state index in [0.29, 0.717) is 17.1 Å². The Hall–Kier alpha value is -1.69. The summed E-state index contributed by atoms with van der Waals surface area (Å²) in [5.41, 5.74) is 0.542. The molecule has 0 aliphatic carbocycles. The van der Waals surface area contributed by atoms with Crippen molar-refractivity contribution < 1.29 is 9.47 Å². The Labute approximate surface area is 83.9 Å². The number of nitriles is 1. The number of rotatable bonds is 3. The first-order valence-electron chi connectivity index (χ1n) is 4.41. The minimum absolute atomic E-state index is 0.0913. The highest BCUT2D eigenvalue weighted by atomic mass is 16.5. The van der Waals surface area contributed by atoms with E-state index in [1.54, 1.807) is 25.3 Å². The van der Waals surface area contributed by atoms with Gasteiger partial charge in [-0.3, -0.25) is 0 Å². The summed E-state index contributed by atoms with van der Waals surface area (Å²) in [6, 6.07) is 7.19. The van der Waals surface area contributed by atoms with Crippen LogP contribution in [-0.4, -0.2) is 13.2 Å². The molecule has 1 rings (SSSR count). The monoisotopic (exact) mass is 191 g/mol. The summed E-state index contributed by atoms with van der Waals surface area (Å²) in [6.45, 7) is 3.87. The van der Waals surface area contributed by atoms with Crippen molar-refractivity contribution in [2.75, 3.05) is 7.11 Å². The van der Waals surface area contributed by atoms with Gasteiger partial charge in [-0.25, -0.2) is 0 Å². The molecular weight excluding hydrogens is 178 g/mol. The van der Waals surface area contributed by atoms with Crippen molar-refractivity contribution in [3.63, 3.8) is 0 Å². The van der Waals surface area contributed by atoms with E-state index in [0.717, 1.165) is 0 Å². The second kappa shape index (κ2) is 4.52. The Morgan fingerprint density at radius 2 is 1.86 bits per heavy atom. The summed E-state index contributed by atoms with van der Waals surface area (Å²) in [4.78, 5) is 0. The Balaban J connectivity index is 3.00. The van der Waals surface area contributed by atoms with E-state index in [4.69, 9.17) is 14.7 Å². The van der Waals surface area contributed by atoms with Crippen LogP contribution in [0.5, 0.6) is 11.5 Å². The van der Waals surface area contributed by atoms with Crippen LogP contribution in [0.2, 0.25) is 0 Å². The molecule has 0 spiro atoms. The summed E-state index contributed by atoms with van der Waals surface area (Å²) >= 11 is 0. The molecular formula is C11H13NO2. The molecule has 0 saturated carbocycles. The second-order valence-electron chi connectivity index (χ2n) is 3.18. The molecule has 1 aromatic carbocycles. The molecule has 0 aromatic heterocycles. The Morgan fingerprint density at radius 1 is 1.21 bits per heavy atom. The molecule has 14 heavy (non-hydrogen) atoms. The lowest BCUT2D eigenvalue weighted by molar-refractivity contribution is 0.241. The van der Waals surface area contributed by atoms with Crippen LogP contribution in [0.15, 0.2) is 18.2 Å². The Bertz CT molecular complexity index is 353. The summed E-state index contributed by atoms with van der Waals surface area (Å²) in [5.74, 6) is 1.30. The van der Waals surface area contributed by atoms with Gasteiger partial charge in [0.15, 0.2) is 0 Å². The van der Waals surface area contributed by atoms with Crippen molar-refractivity contribution in [2.24, 2.45) is 0 Å². The Kier molecular flexibility index (Phi) is 3.35. The third-order valence-corrected chi connectivity index (χ3v) is 1.62. The molecule has 0 aliphatic rings. The van der Waals surface area contributed by atoms with Crippen molar-refractivity contribution in [3.8, 4) is 17.6 Å². The van der Waals surface area contributed by atoms with E-state index < -0.39 is 0 Å². The van der Waals surface area contributed by atoms with Crippen LogP contribution in [0.1, 0.15) is 19.4 Å². The fraction of sp³-hybridized carbons (Fsp3) is 0.364. The Morgan fingerprint density at radius 3 is 2.36 bits per heavy atom. The summed E-state index contributed by atoms with van der Waals surface area (Å²) in [5, 5.41) is 8.76. The molecule has 0 aliphatic heterocycles. The molecule has 3 heteroatoms. The smallest absolute Gasteiger partial charge is 0.124 e. The average molecular weight is 191 g/mol. The molecule has 0 amide bonds. The molecule has 1 aromatic rings. The van der Waals surface area contributed by atoms with Crippen molar-refractivity contribution in [1.29, 1.82) is 5.26 Å². The number of hydrogen-bond acceptors (Lipinski definition) is 3. The zero-order valence-corrected chi connectivity index (χ0v) is 8.57. The molecule has 0 atom stereocenters. The van der Waals surface area contributed by atoms with Gasteiger partial charge in [0.1, 0.15) is 11.5 Å². The SMILES string of the molecule is COc1cc(C#N)cc(OC(C)C)c1. The van der Waals surface area contributed by atoms with Gasteiger partial charge in [-0.2, -0.15) is 5.26 Å². The van der Waals surface area contributed by atoms with E-state index in [1.165, 1.54) is 0 Å². The largest absolute Gasteiger partial charge is 0.497 e. The molecule has 0 unspecified atom stereocenters. The first-order valence-corrected chi connectivity index (χ1v) is 4.41. The van der Waals surface area contributed by atoms with Crippen LogP contribution in [0.4, 0.5) is 0 Å². The fourth-order valence-corrected chi connectivity index (χ4v) is 1.09. The predicted molar refractivity (Wildman–Crippen MR) is 53.5 cm³/mol. The minimum Gasteiger partial charge on any atom is -0.497 e. The number of nitrogens with zero attached hydrogens (tertiary/aromatic N) is 1. The lowest BCUT2D eigenvalue weighted by atomic mass is 10.2. The van der Waals surface area contributed by atoms with E-state index in [9.17, 15) is 0 Å². The highest BCUT2D eigenvalue weighted by Gasteiger charge is 2.03. The topological polar surface area (TPSA) is 42.2 Å². The third kappa shape index (κ3) is 2.67. The van der Waals surface area contributed by atoms with E-state index >= 15 is 0 Å². The zero-order valence-electron chi connectivity index (χ0n) is 8.57. The lowest BCUT2D eigenvalue weighted by Gasteiger charge is -2.10. The van der Waals surface area contributed by atoms with Crippen molar-refractivity contribution in [2.45, 2.75) is 20.0 Å². The van der Waals surface area contributed by atoms with Crippen LogP contribution in [0.25, 0.3) is 0 Å². The van der Waals surface area contributed by atoms with Crippen molar-refractivity contribution in [1.82, 2.24) is 0 Å². The maximum Gasteiger partial charge on any atom is 0.124 e. The van der Waals surface area contributed by atoms with E-state index in [-0.39, 0.29) is 6.10 Å². The molecule has 0 heterocycles. The number of ether oxygens (including phenoxy) is 2. The summed E-state index contributed by atoms with van der Waals surface area (Å²) in [6.07, 6.45) is 0.0913. The van der Waals surface area contributed by atoms with Gasteiger partial charge in [0, 0.05) is 6.07 Å². The molecule has 74 valence electrons. The van der Waals surface area contributed by atoms with Gasteiger partial charge in [-0.1, -0.05) is 0 Å².